The lowest BCUT2D eigenvalue weighted by Gasteiger charge is -2.10. The first kappa shape index (κ1) is 18.9. The number of anilines is 1. The van der Waals surface area contributed by atoms with Crippen molar-refractivity contribution >= 4 is 22.6 Å². The molecular formula is C24H24N4O. The SMILES string of the molecule is CCc1ccc(-n2nc(C)c3c(C(=O)Nc4ccccc4C)cc(C)nc32)cc1. The van der Waals surface area contributed by atoms with Crippen molar-refractivity contribution in [3.8, 4) is 5.69 Å². The molecule has 0 aliphatic heterocycles. The number of nitrogens with zero attached hydrogens (tertiary/aromatic N) is 3. The third-order valence-corrected chi connectivity index (χ3v) is 5.17. The molecule has 5 nitrogen and oxygen atoms in total. The molecule has 1 N–H and O–H groups in total. The second-order valence-corrected chi connectivity index (χ2v) is 7.30. The van der Waals surface area contributed by atoms with Gasteiger partial charge in [0, 0.05) is 11.4 Å². The molecule has 2 heterocycles. The molecule has 2 aromatic heterocycles. The van der Waals surface area contributed by atoms with E-state index in [1.54, 1.807) is 0 Å². The molecule has 1 amide bonds. The van der Waals surface area contributed by atoms with E-state index in [-0.39, 0.29) is 5.91 Å². The summed E-state index contributed by atoms with van der Waals surface area (Å²) in [6, 6.07) is 17.9. The van der Waals surface area contributed by atoms with Crippen LogP contribution in [0.1, 0.15) is 39.8 Å². The molecule has 0 aliphatic carbocycles. The zero-order chi connectivity index (χ0) is 20.5. The maximum atomic E-state index is 13.1. The average Bonchev–Trinajstić information content (AvgIpc) is 3.05. The van der Waals surface area contributed by atoms with Crippen molar-refractivity contribution in [1.82, 2.24) is 14.8 Å². The molecule has 0 radical (unpaired) electrons. The van der Waals surface area contributed by atoms with E-state index >= 15 is 0 Å². The molecule has 0 spiro atoms. The summed E-state index contributed by atoms with van der Waals surface area (Å²) in [5.41, 5.74) is 6.87. The summed E-state index contributed by atoms with van der Waals surface area (Å²) >= 11 is 0. The van der Waals surface area contributed by atoms with Crippen LogP contribution in [-0.4, -0.2) is 20.7 Å². The lowest BCUT2D eigenvalue weighted by atomic mass is 10.1. The smallest absolute Gasteiger partial charge is 0.256 e. The van der Waals surface area contributed by atoms with Gasteiger partial charge >= 0.3 is 0 Å². The Morgan fingerprint density at radius 1 is 1.03 bits per heavy atom. The predicted molar refractivity (Wildman–Crippen MR) is 117 cm³/mol. The van der Waals surface area contributed by atoms with E-state index in [9.17, 15) is 4.79 Å². The van der Waals surface area contributed by atoms with Gasteiger partial charge in [0.2, 0.25) is 0 Å². The van der Waals surface area contributed by atoms with Gasteiger partial charge in [0.1, 0.15) is 0 Å². The van der Waals surface area contributed by atoms with E-state index in [1.165, 1.54) is 5.56 Å². The molecule has 0 aliphatic rings. The fourth-order valence-electron chi connectivity index (χ4n) is 3.55. The number of rotatable bonds is 4. The molecule has 0 bridgehead atoms. The summed E-state index contributed by atoms with van der Waals surface area (Å²) in [6.07, 6.45) is 0.986. The Bertz CT molecular complexity index is 1210. The van der Waals surface area contributed by atoms with E-state index in [0.717, 1.165) is 40.1 Å². The highest BCUT2D eigenvalue weighted by Crippen LogP contribution is 2.26. The summed E-state index contributed by atoms with van der Waals surface area (Å²) in [5.74, 6) is -0.154. The van der Waals surface area contributed by atoms with Crippen LogP contribution in [0.5, 0.6) is 0 Å². The number of hydrogen-bond acceptors (Lipinski definition) is 3. The summed E-state index contributed by atoms with van der Waals surface area (Å²) in [4.78, 5) is 17.8. The van der Waals surface area contributed by atoms with Crippen LogP contribution in [0.15, 0.2) is 54.6 Å². The van der Waals surface area contributed by atoms with Gasteiger partial charge in [-0.1, -0.05) is 37.3 Å². The topological polar surface area (TPSA) is 59.8 Å². The van der Waals surface area contributed by atoms with Gasteiger partial charge in [-0.25, -0.2) is 9.67 Å². The number of fused-ring (bicyclic) bond motifs is 1. The van der Waals surface area contributed by atoms with Crippen LogP contribution in [0.3, 0.4) is 0 Å². The van der Waals surface area contributed by atoms with E-state index in [2.05, 4.69) is 24.4 Å². The van der Waals surface area contributed by atoms with E-state index in [0.29, 0.717) is 11.2 Å². The number of carbonyl (C=O) groups is 1. The third-order valence-electron chi connectivity index (χ3n) is 5.17. The Labute approximate surface area is 170 Å². The van der Waals surface area contributed by atoms with Crippen molar-refractivity contribution in [2.24, 2.45) is 0 Å². The highest BCUT2D eigenvalue weighted by Gasteiger charge is 2.20. The van der Waals surface area contributed by atoms with Gasteiger partial charge in [0.05, 0.1) is 22.3 Å². The number of para-hydroxylation sites is 1. The molecule has 4 aromatic rings. The van der Waals surface area contributed by atoms with Gasteiger partial charge in [0.15, 0.2) is 5.65 Å². The van der Waals surface area contributed by atoms with Crippen molar-refractivity contribution in [2.45, 2.75) is 34.1 Å². The summed E-state index contributed by atoms with van der Waals surface area (Å²) < 4.78 is 1.82. The number of pyridine rings is 1. The normalized spacial score (nSPS) is 11.0. The molecule has 0 saturated carbocycles. The maximum Gasteiger partial charge on any atom is 0.256 e. The summed E-state index contributed by atoms with van der Waals surface area (Å²) in [5, 5.41) is 8.51. The van der Waals surface area contributed by atoms with Crippen LogP contribution in [0, 0.1) is 20.8 Å². The molecule has 5 heteroatoms. The summed E-state index contributed by atoms with van der Waals surface area (Å²) in [7, 11) is 0. The number of aromatic nitrogens is 3. The van der Waals surface area contributed by atoms with Crippen LogP contribution in [0.25, 0.3) is 16.7 Å². The average molecular weight is 384 g/mol. The van der Waals surface area contributed by atoms with Crippen molar-refractivity contribution in [3.63, 3.8) is 0 Å². The first-order valence-corrected chi connectivity index (χ1v) is 9.81. The van der Waals surface area contributed by atoms with Crippen LogP contribution in [0.4, 0.5) is 5.69 Å². The number of hydrogen-bond donors (Lipinski definition) is 1. The fourth-order valence-corrected chi connectivity index (χ4v) is 3.55. The number of nitrogens with one attached hydrogen (secondary N) is 1. The fraction of sp³-hybridized carbons (Fsp3) is 0.208. The first-order chi connectivity index (χ1) is 14.0. The van der Waals surface area contributed by atoms with Crippen molar-refractivity contribution < 1.29 is 4.79 Å². The van der Waals surface area contributed by atoms with E-state index in [1.807, 2.05) is 67.9 Å². The molecule has 0 fully saturated rings. The lowest BCUT2D eigenvalue weighted by molar-refractivity contribution is 0.102. The molecule has 146 valence electrons. The van der Waals surface area contributed by atoms with E-state index in [4.69, 9.17) is 10.1 Å². The molecule has 4 rings (SSSR count). The predicted octanol–water partition coefficient (Wildman–Crippen LogP) is 5.16. The van der Waals surface area contributed by atoms with Crippen LogP contribution >= 0.6 is 0 Å². The Hall–Kier alpha value is -3.47. The second-order valence-electron chi connectivity index (χ2n) is 7.30. The zero-order valence-electron chi connectivity index (χ0n) is 17.2. The van der Waals surface area contributed by atoms with Crippen molar-refractivity contribution in [2.75, 3.05) is 5.32 Å². The standard InChI is InChI=1S/C24H24N4O/c1-5-18-10-12-19(13-11-18)28-23-22(17(4)27-28)20(14-16(3)25-23)24(29)26-21-9-7-6-8-15(21)2/h6-14H,5H2,1-4H3,(H,26,29). The van der Waals surface area contributed by atoms with Crippen molar-refractivity contribution in [1.29, 1.82) is 0 Å². The minimum atomic E-state index is -0.154. The largest absolute Gasteiger partial charge is 0.322 e. The van der Waals surface area contributed by atoms with E-state index < -0.39 is 0 Å². The summed E-state index contributed by atoms with van der Waals surface area (Å²) in [6.45, 7) is 7.93. The van der Waals surface area contributed by atoms with Crippen molar-refractivity contribution in [3.05, 3.63) is 82.7 Å². The van der Waals surface area contributed by atoms with Gasteiger partial charge in [-0.05, 0) is 62.6 Å². The second kappa shape index (κ2) is 7.51. The Balaban J connectivity index is 1.82. The number of carbonyl (C=O) groups excluding carboxylic acids is 1. The van der Waals surface area contributed by atoms with Gasteiger partial charge < -0.3 is 5.32 Å². The Morgan fingerprint density at radius 3 is 2.45 bits per heavy atom. The molecule has 0 saturated heterocycles. The number of aryl methyl sites for hydroxylation is 4. The van der Waals surface area contributed by atoms with Gasteiger partial charge in [-0.15, -0.1) is 0 Å². The minimum absolute atomic E-state index is 0.154. The quantitative estimate of drug-likeness (QED) is 0.529. The highest BCUT2D eigenvalue weighted by atomic mass is 16.1. The number of amides is 1. The van der Waals surface area contributed by atoms with Gasteiger partial charge in [0.25, 0.3) is 5.91 Å². The Morgan fingerprint density at radius 2 is 1.76 bits per heavy atom. The molecule has 29 heavy (non-hydrogen) atoms. The Kier molecular flexibility index (Phi) is 4.89. The van der Waals surface area contributed by atoms with Crippen LogP contribution in [-0.2, 0) is 6.42 Å². The molecule has 0 unspecified atom stereocenters. The molecule has 0 atom stereocenters. The van der Waals surface area contributed by atoms with Gasteiger partial charge in [-0.2, -0.15) is 5.10 Å². The maximum absolute atomic E-state index is 13.1. The van der Waals surface area contributed by atoms with Crippen LogP contribution in [0.2, 0.25) is 0 Å². The lowest BCUT2D eigenvalue weighted by Crippen LogP contribution is -2.14. The zero-order valence-corrected chi connectivity index (χ0v) is 17.2. The molecular weight excluding hydrogens is 360 g/mol. The highest BCUT2D eigenvalue weighted by molar-refractivity contribution is 6.13. The van der Waals surface area contributed by atoms with Crippen LogP contribution < -0.4 is 5.32 Å². The monoisotopic (exact) mass is 384 g/mol. The number of benzene rings is 2. The minimum Gasteiger partial charge on any atom is -0.322 e. The molecule has 2 aromatic carbocycles. The first-order valence-electron chi connectivity index (χ1n) is 9.81. The van der Waals surface area contributed by atoms with Gasteiger partial charge in [-0.3, -0.25) is 4.79 Å². The third kappa shape index (κ3) is 3.51.